The number of rotatable bonds is 4. The van der Waals surface area contributed by atoms with Crippen molar-refractivity contribution in [1.82, 2.24) is 35.7 Å². The van der Waals surface area contributed by atoms with Crippen LogP contribution in [0.2, 0.25) is 0 Å². The van der Waals surface area contributed by atoms with E-state index in [0.29, 0.717) is 22.4 Å². The maximum atomic E-state index is 12.5. The van der Waals surface area contributed by atoms with E-state index in [-0.39, 0.29) is 17.8 Å². The van der Waals surface area contributed by atoms with Crippen LogP contribution in [0.15, 0.2) is 53.6 Å². The molecule has 0 aliphatic heterocycles. The van der Waals surface area contributed by atoms with Gasteiger partial charge in [0.05, 0.1) is 11.9 Å². The molecule has 0 fully saturated rings. The van der Waals surface area contributed by atoms with E-state index in [1.54, 1.807) is 48.8 Å². The lowest BCUT2D eigenvalue weighted by Crippen LogP contribution is -2.26. The number of carbonyl (C=O) groups is 1. The van der Waals surface area contributed by atoms with E-state index in [1.807, 2.05) is 0 Å². The molecule has 9 nitrogen and oxygen atoms in total. The number of aromatic amines is 2. The SMILES string of the molecule is O=C(NCc1nc(-c2ccncc2)n[nH]1)c1n[nH]c(=O)c2ccccc12. The highest BCUT2D eigenvalue weighted by Crippen LogP contribution is 2.13. The van der Waals surface area contributed by atoms with E-state index in [0.717, 1.165) is 5.56 Å². The number of pyridine rings is 1. The van der Waals surface area contributed by atoms with Crippen LogP contribution < -0.4 is 10.9 Å². The van der Waals surface area contributed by atoms with Crippen LogP contribution in [0.3, 0.4) is 0 Å². The number of amides is 1. The van der Waals surface area contributed by atoms with Gasteiger partial charge in [-0.15, -0.1) is 0 Å². The predicted molar refractivity (Wildman–Crippen MR) is 93.1 cm³/mol. The molecule has 0 atom stereocenters. The van der Waals surface area contributed by atoms with Gasteiger partial charge in [0.15, 0.2) is 11.5 Å². The number of hydrogen-bond acceptors (Lipinski definition) is 6. The molecule has 0 saturated heterocycles. The zero-order valence-corrected chi connectivity index (χ0v) is 13.4. The van der Waals surface area contributed by atoms with Crippen molar-refractivity contribution in [2.24, 2.45) is 0 Å². The first-order chi connectivity index (χ1) is 12.7. The number of carbonyl (C=O) groups excluding carboxylic acids is 1. The molecule has 4 aromatic rings. The summed E-state index contributed by atoms with van der Waals surface area (Å²) in [7, 11) is 0. The lowest BCUT2D eigenvalue weighted by atomic mass is 10.1. The molecule has 0 bridgehead atoms. The van der Waals surface area contributed by atoms with E-state index < -0.39 is 5.91 Å². The van der Waals surface area contributed by atoms with Gasteiger partial charge in [0.25, 0.3) is 11.5 Å². The molecule has 3 N–H and O–H groups in total. The Balaban J connectivity index is 1.53. The summed E-state index contributed by atoms with van der Waals surface area (Å²) < 4.78 is 0. The third-order valence-electron chi connectivity index (χ3n) is 3.80. The first kappa shape index (κ1) is 15.6. The number of benzene rings is 1. The predicted octanol–water partition coefficient (Wildman–Crippen LogP) is 1.03. The summed E-state index contributed by atoms with van der Waals surface area (Å²) in [5.41, 5.74) is 0.630. The molecular weight excluding hydrogens is 334 g/mol. The molecule has 0 unspecified atom stereocenters. The average molecular weight is 347 g/mol. The zero-order valence-electron chi connectivity index (χ0n) is 13.4. The Hall–Kier alpha value is -3.88. The topological polar surface area (TPSA) is 129 Å². The molecule has 4 rings (SSSR count). The maximum absolute atomic E-state index is 12.5. The van der Waals surface area contributed by atoms with Gasteiger partial charge in [-0.25, -0.2) is 10.1 Å². The van der Waals surface area contributed by atoms with Crippen molar-refractivity contribution in [3.8, 4) is 11.4 Å². The molecule has 1 aromatic carbocycles. The Morgan fingerprint density at radius 3 is 2.58 bits per heavy atom. The van der Waals surface area contributed by atoms with E-state index in [2.05, 4.69) is 35.7 Å². The van der Waals surface area contributed by atoms with Gasteiger partial charge in [0.2, 0.25) is 0 Å². The van der Waals surface area contributed by atoms with Gasteiger partial charge in [0.1, 0.15) is 5.82 Å². The van der Waals surface area contributed by atoms with Gasteiger partial charge in [-0.1, -0.05) is 18.2 Å². The Labute approximate surface area is 146 Å². The number of nitrogens with one attached hydrogen (secondary N) is 3. The van der Waals surface area contributed by atoms with Gasteiger partial charge in [-0.3, -0.25) is 19.7 Å². The summed E-state index contributed by atoms with van der Waals surface area (Å²) in [5, 5.41) is 16.7. The van der Waals surface area contributed by atoms with Gasteiger partial charge >= 0.3 is 0 Å². The summed E-state index contributed by atoms with van der Waals surface area (Å²) in [6, 6.07) is 10.4. The van der Waals surface area contributed by atoms with Gasteiger partial charge in [-0.05, 0) is 18.2 Å². The molecule has 0 spiro atoms. The second-order valence-corrected chi connectivity index (χ2v) is 5.47. The first-order valence-electron chi connectivity index (χ1n) is 7.79. The number of fused-ring (bicyclic) bond motifs is 1. The highest BCUT2D eigenvalue weighted by molar-refractivity contribution is 6.04. The third kappa shape index (κ3) is 2.93. The summed E-state index contributed by atoms with van der Waals surface area (Å²) in [6.07, 6.45) is 3.31. The number of H-pyrrole nitrogens is 2. The Bertz CT molecular complexity index is 1130. The van der Waals surface area contributed by atoms with Crippen LogP contribution in [0.4, 0.5) is 0 Å². The fourth-order valence-electron chi connectivity index (χ4n) is 2.54. The fourth-order valence-corrected chi connectivity index (χ4v) is 2.54. The zero-order chi connectivity index (χ0) is 17.9. The summed E-state index contributed by atoms with van der Waals surface area (Å²) in [6.45, 7) is 0.145. The molecule has 128 valence electrons. The Morgan fingerprint density at radius 1 is 1.00 bits per heavy atom. The van der Waals surface area contributed by atoms with Crippen molar-refractivity contribution >= 4 is 16.7 Å². The maximum Gasteiger partial charge on any atom is 0.272 e. The molecule has 0 aliphatic carbocycles. The van der Waals surface area contributed by atoms with Gasteiger partial charge in [-0.2, -0.15) is 10.2 Å². The van der Waals surface area contributed by atoms with Crippen LogP contribution in [0.1, 0.15) is 16.3 Å². The fraction of sp³-hybridized carbons (Fsp3) is 0.0588. The molecule has 9 heteroatoms. The molecule has 3 aromatic heterocycles. The Kier molecular flexibility index (Phi) is 3.94. The quantitative estimate of drug-likeness (QED) is 0.506. The smallest absolute Gasteiger partial charge is 0.272 e. The third-order valence-corrected chi connectivity index (χ3v) is 3.80. The van der Waals surface area contributed by atoms with Crippen molar-refractivity contribution in [2.45, 2.75) is 6.54 Å². The van der Waals surface area contributed by atoms with Crippen molar-refractivity contribution < 1.29 is 4.79 Å². The molecular formula is C17H13N7O2. The summed E-state index contributed by atoms with van der Waals surface area (Å²) >= 11 is 0. The van der Waals surface area contributed by atoms with Crippen LogP contribution in [0.5, 0.6) is 0 Å². The van der Waals surface area contributed by atoms with E-state index in [1.165, 1.54) is 0 Å². The van der Waals surface area contributed by atoms with Crippen LogP contribution in [0.25, 0.3) is 22.2 Å². The van der Waals surface area contributed by atoms with Crippen molar-refractivity contribution in [3.05, 3.63) is 70.7 Å². The van der Waals surface area contributed by atoms with Crippen molar-refractivity contribution in [3.63, 3.8) is 0 Å². The second-order valence-electron chi connectivity index (χ2n) is 5.47. The summed E-state index contributed by atoms with van der Waals surface area (Å²) in [4.78, 5) is 32.5. The van der Waals surface area contributed by atoms with Crippen molar-refractivity contribution in [2.75, 3.05) is 0 Å². The lowest BCUT2D eigenvalue weighted by Gasteiger charge is -2.05. The molecule has 3 heterocycles. The van der Waals surface area contributed by atoms with Crippen LogP contribution in [-0.2, 0) is 6.54 Å². The monoisotopic (exact) mass is 347 g/mol. The first-order valence-corrected chi connectivity index (χ1v) is 7.79. The lowest BCUT2D eigenvalue weighted by molar-refractivity contribution is 0.0945. The minimum absolute atomic E-state index is 0.145. The molecule has 0 radical (unpaired) electrons. The second kappa shape index (κ2) is 6.55. The minimum Gasteiger partial charge on any atom is -0.343 e. The van der Waals surface area contributed by atoms with Gasteiger partial charge < -0.3 is 5.32 Å². The minimum atomic E-state index is -0.417. The van der Waals surface area contributed by atoms with Crippen LogP contribution >= 0.6 is 0 Å². The largest absolute Gasteiger partial charge is 0.343 e. The number of nitrogens with zero attached hydrogens (tertiary/aromatic N) is 4. The number of hydrogen-bond donors (Lipinski definition) is 3. The molecule has 1 amide bonds. The van der Waals surface area contributed by atoms with Crippen LogP contribution in [0, 0.1) is 0 Å². The average Bonchev–Trinajstić information content (AvgIpc) is 3.16. The Morgan fingerprint density at radius 2 is 1.77 bits per heavy atom. The van der Waals surface area contributed by atoms with E-state index in [9.17, 15) is 9.59 Å². The molecule has 0 saturated carbocycles. The highest BCUT2D eigenvalue weighted by atomic mass is 16.2. The normalized spacial score (nSPS) is 10.8. The van der Waals surface area contributed by atoms with Crippen LogP contribution in [-0.4, -0.2) is 36.3 Å². The highest BCUT2D eigenvalue weighted by Gasteiger charge is 2.14. The molecule has 0 aliphatic rings. The van der Waals surface area contributed by atoms with E-state index in [4.69, 9.17) is 0 Å². The van der Waals surface area contributed by atoms with E-state index >= 15 is 0 Å². The van der Waals surface area contributed by atoms with Crippen molar-refractivity contribution in [1.29, 1.82) is 0 Å². The number of aromatic nitrogens is 6. The molecule has 26 heavy (non-hydrogen) atoms. The standard InChI is InChI=1S/C17H13N7O2/c25-16-12-4-2-1-3-11(12)14(22-24-16)17(26)19-9-13-20-15(23-21-13)10-5-7-18-8-6-10/h1-8H,9H2,(H,19,26)(H,24,25)(H,20,21,23). The summed E-state index contributed by atoms with van der Waals surface area (Å²) in [5.74, 6) is 0.600. The van der Waals surface area contributed by atoms with Gasteiger partial charge in [0, 0.05) is 23.3 Å².